The van der Waals surface area contributed by atoms with Gasteiger partial charge in [0.05, 0.1) is 23.6 Å². The summed E-state index contributed by atoms with van der Waals surface area (Å²) in [6, 6.07) is 17.0. The highest BCUT2D eigenvalue weighted by atomic mass is 32.2. The SMILES string of the molecule is CC(=O)O[C@H]1[C@H](C)O[C@@H](OCc2ccccc2)C[C@H]1NS(=O)(=O)c1ccccc1. The number of benzene rings is 2. The summed E-state index contributed by atoms with van der Waals surface area (Å²) in [4.78, 5) is 11.7. The maximum absolute atomic E-state index is 12.8. The fraction of sp³-hybridized carbons (Fsp3) is 0.381. The third-order valence-electron chi connectivity index (χ3n) is 4.61. The van der Waals surface area contributed by atoms with Crippen molar-refractivity contribution in [2.24, 2.45) is 0 Å². The first-order valence-electron chi connectivity index (χ1n) is 9.41. The molecule has 0 aromatic heterocycles. The molecule has 2 aromatic carbocycles. The maximum Gasteiger partial charge on any atom is 0.303 e. The van der Waals surface area contributed by atoms with Crippen LogP contribution in [0.1, 0.15) is 25.8 Å². The van der Waals surface area contributed by atoms with Crippen LogP contribution in [0.3, 0.4) is 0 Å². The smallest absolute Gasteiger partial charge is 0.303 e. The van der Waals surface area contributed by atoms with E-state index >= 15 is 0 Å². The minimum atomic E-state index is -3.79. The van der Waals surface area contributed by atoms with Crippen molar-refractivity contribution in [1.29, 1.82) is 0 Å². The number of nitrogens with one attached hydrogen (secondary N) is 1. The van der Waals surface area contributed by atoms with Crippen molar-refractivity contribution in [1.82, 2.24) is 4.72 Å². The summed E-state index contributed by atoms with van der Waals surface area (Å²) in [6.07, 6.45) is -1.73. The van der Waals surface area contributed by atoms with Crippen LogP contribution in [0.4, 0.5) is 0 Å². The summed E-state index contributed by atoms with van der Waals surface area (Å²) in [6.45, 7) is 3.34. The molecule has 0 saturated carbocycles. The molecule has 4 atom stereocenters. The largest absolute Gasteiger partial charge is 0.458 e. The molecule has 0 radical (unpaired) electrons. The molecule has 8 heteroatoms. The van der Waals surface area contributed by atoms with Crippen molar-refractivity contribution in [2.45, 2.75) is 56.3 Å². The topological polar surface area (TPSA) is 90.9 Å². The Kier molecular flexibility index (Phi) is 7.02. The lowest BCUT2D eigenvalue weighted by atomic mass is 10.0. The van der Waals surface area contributed by atoms with E-state index < -0.39 is 40.5 Å². The monoisotopic (exact) mass is 419 g/mol. The molecule has 2 aromatic rings. The van der Waals surface area contributed by atoms with Gasteiger partial charge < -0.3 is 14.2 Å². The second-order valence-corrected chi connectivity index (χ2v) is 8.63. The first kappa shape index (κ1) is 21.4. The van der Waals surface area contributed by atoms with Crippen LogP contribution >= 0.6 is 0 Å². The highest BCUT2D eigenvalue weighted by Crippen LogP contribution is 2.26. The van der Waals surface area contributed by atoms with E-state index in [2.05, 4.69) is 4.72 Å². The summed E-state index contributed by atoms with van der Waals surface area (Å²) in [7, 11) is -3.79. The van der Waals surface area contributed by atoms with Crippen molar-refractivity contribution < 1.29 is 27.4 Å². The fourth-order valence-corrected chi connectivity index (χ4v) is 4.54. The highest BCUT2D eigenvalue weighted by Gasteiger charge is 2.41. The Morgan fingerprint density at radius 2 is 1.72 bits per heavy atom. The van der Waals surface area contributed by atoms with Crippen LogP contribution in [0.15, 0.2) is 65.6 Å². The first-order chi connectivity index (χ1) is 13.8. The van der Waals surface area contributed by atoms with Crippen LogP contribution in [-0.2, 0) is 35.6 Å². The fourth-order valence-electron chi connectivity index (χ4n) is 3.26. The van der Waals surface area contributed by atoms with Gasteiger partial charge in [0.1, 0.15) is 6.10 Å². The van der Waals surface area contributed by atoms with Crippen molar-refractivity contribution in [3.63, 3.8) is 0 Å². The number of sulfonamides is 1. The normalized spacial score (nSPS) is 24.8. The third kappa shape index (κ3) is 5.86. The van der Waals surface area contributed by atoms with Crippen LogP contribution in [0.5, 0.6) is 0 Å². The minimum Gasteiger partial charge on any atom is -0.458 e. The van der Waals surface area contributed by atoms with Gasteiger partial charge in [0.2, 0.25) is 10.0 Å². The Morgan fingerprint density at radius 1 is 1.10 bits per heavy atom. The molecular weight excluding hydrogens is 394 g/mol. The molecule has 1 aliphatic heterocycles. The van der Waals surface area contributed by atoms with E-state index in [0.29, 0.717) is 6.61 Å². The predicted octanol–water partition coefficient (Wildman–Crippen LogP) is 2.62. The van der Waals surface area contributed by atoms with Crippen LogP contribution in [0, 0.1) is 0 Å². The van der Waals surface area contributed by atoms with Gasteiger partial charge in [-0.2, -0.15) is 0 Å². The predicted molar refractivity (Wildman–Crippen MR) is 106 cm³/mol. The number of ether oxygens (including phenoxy) is 3. The van der Waals surface area contributed by atoms with Gasteiger partial charge >= 0.3 is 5.97 Å². The zero-order chi connectivity index (χ0) is 20.9. The van der Waals surface area contributed by atoms with Crippen molar-refractivity contribution in [3.05, 3.63) is 66.2 Å². The third-order valence-corrected chi connectivity index (χ3v) is 6.12. The van der Waals surface area contributed by atoms with E-state index in [4.69, 9.17) is 14.2 Å². The van der Waals surface area contributed by atoms with Gasteiger partial charge in [0.15, 0.2) is 6.29 Å². The Labute approximate surface area is 171 Å². The zero-order valence-corrected chi connectivity index (χ0v) is 17.2. The molecule has 1 aliphatic rings. The molecule has 0 unspecified atom stereocenters. The lowest BCUT2D eigenvalue weighted by molar-refractivity contribution is -0.234. The average molecular weight is 419 g/mol. The number of rotatable bonds is 7. The van der Waals surface area contributed by atoms with E-state index in [1.165, 1.54) is 19.1 Å². The number of carbonyl (C=O) groups excluding carboxylic acids is 1. The van der Waals surface area contributed by atoms with Gasteiger partial charge in [-0.1, -0.05) is 48.5 Å². The zero-order valence-electron chi connectivity index (χ0n) is 16.4. The van der Waals surface area contributed by atoms with E-state index in [-0.39, 0.29) is 11.3 Å². The second-order valence-electron chi connectivity index (χ2n) is 6.92. The molecule has 0 bridgehead atoms. The summed E-state index contributed by atoms with van der Waals surface area (Å²) in [5, 5.41) is 0. The Bertz CT molecular complexity index is 903. The standard InChI is InChI=1S/C21H25NO6S/c1-15-21(28-16(2)23)19(22-29(24,25)18-11-7-4-8-12-18)13-20(27-15)26-14-17-9-5-3-6-10-17/h3-12,15,19-22H,13-14H2,1-2H3/t15-,19+,20+,21-/m0/s1. The lowest BCUT2D eigenvalue weighted by Gasteiger charge is -2.39. The summed E-state index contributed by atoms with van der Waals surface area (Å²) in [5.41, 5.74) is 0.979. The summed E-state index contributed by atoms with van der Waals surface area (Å²) >= 11 is 0. The molecule has 1 saturated heterocycles. The molecule has 29 heavy (non-hydrogen) atoms. The van der Waals surface area contributed by atoms with E-state index in [1.54, 1.807) is 25.1 Å². The Morgan fingerprint density at radius 3 is 2.34 bits per heavy atom. The van der Waals surface area contributed by atoms with Crippen LogP contribution in [-0.4, -0.2) is 38.9 Å². The molecule has 3 rings (SSSR count). The molecule has 1 fully saturated rings. The van der Waals surface area contributed by atoms with Crippen LogP contribution in [0.25, 0.3) is 0 Å². The van der Waals surface area contributed by atoms with Gasteiger partial charge in [-0.3, -0.25) is 4.79 Å². The number of esters is 1. The van der Waals surface area contributed by atoms with Crippen LogP contribution < -0.4 is 4.72 Å². The van der Waals surface area contributed by atoms with E-state index in [0.717, 1.165) is 5.56 Å². The van der Waals surface area contributed by atoms with Crippen LogP contribution in [0.2, 0.25) is 0 Å². The average Bonchev–Trinajstić information content (AvgIpc) is 2.70. The first-order valence-corrected chi connectivity index (χ1v) is 10.9. The van der Waals surface area contributed by atoms with Gasteiger partial charge in [0.25, 0.3) is 0 Å². The van der Waals surface area contributed by atoms with Crippen molar-refractivity contribution in [3.8, 4) is 0 Å². The van der Waals surface area contributed by atoms with Gasteiger partial charge in [0, 0.05) is 13.3 Å². The van der Waals surface area contributed by atoms with Crippen molar-refractivity contribution in [2.75, 3.05) is 0 Å². The molecule has 7 nitrogen and oxygen atoms in total. The second kappa shape index (κ2) is 9.49. The Balaban J connectivity index is 1.74. The Hall–Kier alpha value is -2.26. The molecule has 0 aliphatic carbocycles. The minimum absolute atomic E-state index is 0.141. The van der Waals surface area contributed by atoms with Gasteiger partial charge in [-0.25, -0.2) is 13.1 Å². The number of carbonyl (C=O) groups is 1. The summed E-state index contributed by atoms with van der Waals surface area (Å²) in [5.74, 6) is -0.502. The molecule has 1 N–H and O–H groups in total. The van der Waals surface area contributed by atoms with Gasteiger partial charge in [-0.05, 0) is 24.6 Å². The van der Waals surface area contributed by atoms with Gasteiger partial charge in [-0.15, -0.1) is 0 Å². The number of hydrogen-bond acceptors (Lipinski definition) is 6. The highest BCUT2D eigenvalue weighted by molar-refractivity contribution is 7.89. The molecular formula is C21H25NO6S. The molecule has 156 valence electrons. The molecule has 0 amide bonds. The molecule has 0 spiro atoms. The van der Waals surface area contributed by atoms with E-state index in [9.17, 15) is 13.2 Å². The lowest BCUT2D eigenvalue weighted by Crippen LogP contribution is -2.56. The van der Waals surface area contributed by atoms with Crippen molar-refractivity contribution >= 4 is 16.0 Å². The maximum atomic E-state index is 12.8. The number of hydrogen-bond donors (Lipinski definition) is 1. The molecule has 1 heterocycles. The summed E-state index contributed by atoms with van der Waals surface area (Å²) < 4.78 is 45.3. The van der Waals surface area contributed by atoms with E-state index in [1.807, 2.05) is 30.3 Å². The quantitative estimate of drug-likeness (QED) is 0.694.